The lowest BCUT2D eigenvalue weighted by atomic mass is 9.79. The van der Waals surface area contributed by atoms with Crippen molar-refractivity contribution >= 4 is 0 Å². The van der Waals surface area contributed by atoms with Gasteiger partial charge in [-0.1, -0.05) is 12.8 Å². The number of rotatable bonds is 4. The van der Waals surface area contributed by atoms with E-state index in [1.165, 1.54) is 25.7 Å². The monoisotopic (exact) mass is 250 g/mol. The summed E-state index contributed by atoms with van der Waals surface area (Å²) in [5.74, 6) is 2.21. The highest BCUT2D eigenvalue weighted by atomic mass is 16.3. The second-order valence-electron chi connectivity index (χ2n) is 5.70. The number of aliphatic hydroxyl groups excluding tert-OH is 1. The summed E-state index contributed by atoms with van der Waals surface area (Å²) in [4.78, 5) is 0. The van der Waals surface area contributed by atoms with E-state index in [4.69, 9.17) is 5.11 Å². The molecule has 0 spiro atoms. The molecule has 0 amide bonds. The first-order valence-corrected chi connectivity index (χ1v) is 7.03. The first-order chi connectivity index (χ1) is 8.78. The number of aromatic nitrogens is 3. The van der Waals surface area contributed by atoms with E-state index in [1.807, 2.05) is 11.6 Å². The van der Waals surface area contributed by atoms with Crippen LogP contribution in [0.25, 0.3) is 0 Å². The number of aliphatic hydroxyl groups is 1. The molecule has 2 N–H and O–H groups in total. The van der Waals surface area contributed by atoms with Crippen LogP contribution in [-0.4, -0.2) is 32.0 Å². The van der Waals surface area contributed by atoms with E-state index in [2.05, 4.69) is 15.5 Å². The fraction of sp³-hybridized carbons (Fsp3) is 0.846. The van der Waals surface area contributed by atoms with Crippen molar-refractivity contribution in [1.29, 1.82) is 0 Å². The lowest BCUT2D eigenvalue weighted by molar-refractivity contribution is 0.249. The van der Waals surface area contributed by atoms with Crippen LogP contribution in [0.15, 0.2) is 0 Å². The molecule has 2 fully saturated rings. The molecule has 5 nitrogen and oxygen atoms in total. The fourth-order valence-electron chi connectivity index (χ4n) is 3.26. The van der Waals surface area contributed by atoms with Gasteiger partial charge in [0, 0.05) is 25.0 Å². The fourth-order valence-corrected chi connectivity index (χ4v) is 3.26. The van der Waals surface area contributed by atoms with E-state index in [0.29, 0.717) is 17.8 Å². The minimum atomic E-state index is -0.0278. The Morgan fingerprint density at radius 1 is 1.22 bits per heavy atom. The number of hydrogen-bond donors (Lipinski definition) is 2. The molecule has 0 aromatic carbocycles. The van der Waals surface area contributed by atoms with E-state index in [9.17, 15) is 0 Å². The molecule has 2 aliphatic rings. The SMILES string of the molecule is Cn1c(CO)nnc1C1CC(NC2CCCC2)C1. The Kier molecular flexibility index (Phi) is 3.35. The summed E-state index contributed by atoms with van der Waals surface area (Å²) >= 11 is 0. The quantitative estimate of drug-likeness (QED) is 0.839. The van der Waals surface area contributed by atoms with Gasteiger partial charge in [-0.3, -0.25) is 0 Å². The van der Waals surface area contributed by atoms with E-state index < -0.39 is 0 Å². The first-order valence-electron chi connectivity index (χ1n) is 7.03. The van der Waals surface area contributed by atoms with E-state index in [-0.39, 0.29) is 6.61 Å². The Labute approximate surface area is 108 Å². The van der Waals surface area contributed by atoms with Gasteiger partial charge in [-0.05, 0) is 25.7 Å². The highest BCUT2D eigenvalue weighted by Crippen LogP contribution is 2.37. The van der Waals surface area contributed by atoms with Gasteiger partial charge in [0.1, 0.15) is 12.4 Å². The van der Waals surface area contributed by atoms with Crippen LogP contribution < -0.4 is 5.32 Å². The molecule has 1 aromatic rings. The van der Waals surface area contributed by atoms with Crippen LogP contribution in [0.4, 0.5) is 0 Å². The Bertz CT molecular complexity index is 405. The summed E-state index contributed by atoms with van der Waals surface area (Å²) in [5, 5.41) is 21.1. The van der Waals surface area contributed by atoms with Gasteiger partial charge in [-0.25, -0.2) is 0 Å². The van der Waals surface area contributed by atoms with Gasteiger partial charge in [0.15, 0.2) is 5.82 Å². The van der Waals surface area contributed by atoms with Gasteiger partial charge in [0.2, 0.25) is 0 Å². The second-order valence-corrected chi connectivity index (χ2v) is 5.70. The summed E-state index contributed by atoms with van der Waals surface area (Å²) in [5.41, 5.74) is 0. The molecule has 1 aromatic heterocycles. The van der Waals surface area contributed by atoms with Crippen LogP contribution in [0.2, 0.25) is 0 Å². The molecule has 0 radical (unpaired) electrons. The average molecular weight is 250 g/mol. The van der Waals surface area contributed by atoms with Crippen molar-refractivity contribution in [2.24, 2.45) is 7.05 Å². The third-order valence-electron chi connectivity index (χ3n) is 4.47. The lowest BCUT2D eigenvalue weighted by Crippen LogP contribution is -2.45. The number of nitrogens with zero attached hydrogens (tertiary/aromatic N) is 3. The number of nitrogens with one attached hydrogen (secondary N) is 1. The minimum absolute atomic E-state index is 0.0278. The van der Waals surface area contributed by atoms with Crippen LogP contribution in [0.1, 0.15) is 56.1 Å². The molecule has 0 saturated heterocycles. The van der Waals surface area contributed by atoms with Crippen molar-refractivity contribution in [2.75, 3.05) is 0 Å². The predicted octanol–water partition coefficient (Wildman–Crippen LogP) is 1.09. The van der Waals surface area contributed by atoms with Gasteiger partial charge in [-0.15, -0.1) is 10.2 Å². The largest absolute Gasteiger partial charge is 0.388 e. The maximum atomic E-state index is 9.11. The Morgan fingerprint density at radius 2 is 1.94 bits per heavy atom. The first kappa shape index (κ1) is 12.1. The zero-order valence-corrected chi connectivity index (χ0v) is 11.0. The van der Waals surface area contributed by atoms with Gasteiger partial charge in [0.05, 0.1) is 0 Å². The molecule has 3 rings (SSSR count). The highest BCUT2D eigenvalue weighted by molar-refractivity contribution is 5.08. The topological polar surface area (TPSA) is 63.0 Å². The van der Waals surface area contributed by atoms with Crippen LogP contribution >= 0.6 is 0 Å². The molecule has 100 valence electrons. The van der Waals surface area contributed by atoms with Gasteiger partial charge >= 0.3 is 0 Å². The van der Waals surface area contributed by atoms with Crippen LogP contribution in [0.5, 0.6) is 0 Å². The van der Waals surface area contributed by atoms with Crippen molar-refractivity contribution in [1.82, 2.24) is 20.1 Å². The van der Waals surface area contributed by atoms with Crippen LogP contribution in [-0.2, 0) is 13.7 Å². The summed E-state index contributed by atoms with van der Waals surface area (Å²) in [6.07, 6.45) is 7.79. The summed E-state index contributed by atoms with van der Waals surface area (Å²) in [6, 6.07) is 1.41. The van der Waals surface area contributed by atoms with Crippen molar-refractivity contribution in [3.05, 3.63) is 11.6 Å². The Hall–Kier alpha value is -0.940. The molecule has 2 aliphatic carbocycles. The smallest absolute Gasteiger partial charge is 0.158 e. The van der Waals surface area contributed by atoms with Crippen molar-refractivity contribution in [2.45, 2.75) is 63.1 Å². The molecule has 0 unspecified atom stereocenters. The van der Waals surface area contributed by atoms with Gasteiger partial charge in [0.25, 0.3) is 0 Å². The molecule has 18 heavy (non-hydrogen) atoms. The normalized spacial score (nSPS) is 28.6. The lowest BCUT2D eigenvalue weighted by Gasteiger charge is -2.37. The third-order valence-corrected chi connectivity index (χ3v) is 4.47. The molecule has 2 saturated carbocycles. The maximum absolute atomic E-state index is 9.11. The van der Waals surface area contributed by atoms with E-state index in [1.54, 1.807) is 0 Å². The zero-order valence-electron chi connectivity index (χ0n) is 11.0. The van der Waals surface area contributed by atoms with Crippen molar-refractivity contribution < 1.29 is 5.11 Å². The maximum Gasteiger partial charge on any atom is 0.158 e. The predicted molar refractivity (Wildman–Crippen MR) is 68.1 cm³/mol. The van der Waals surface area contributed by atoms with Crippen LogP contribution in [0, 0.1) is 0 Å². The molecule has 0 atom stereocenters. The van der Waals surface area contributed by atoms with Crippen molar-refractivity contribution in [3.8, 4) is 0 Å². The molecular weight excluding hydrogens is 228 g/mol. The van der Waals surface area contributed by atoms with Gasteiger partial charge < -0.3 is 15.0 Å². The molecule has 0 aliphatic heterocycles. The summed E-state index contributed by atoms with van der Waals surface area (Å²) in [6.45, 7) is -0.0278. The Morgan fingerprint density at radius 3 is 2.56 bits per heavy atom. The summed E-state index contributed by atoms with van der Waals surface area (Å²) in [7, 11) is 1.94. The van der Waals surface area contributed by atoms with Gasteiger partial charge in [-0.2, -0.15) is 0 Å². The highest BCUT2D eigenvalue weighted by Gasteiger charge is 2.35. The Balaban J connectivity index is 1.53. The molecule has 1 heterocycles. The van der Waals surface area contributed by atoms with E-state index in [0.717, 1.165) is 24.7 Å². The van der Waals surface area contributed by atoms with Crippen LogP contribution in [0.3, 0.4) is 0 Å². The number of hydrogen-bond acceptors (Lipinski definition) is 4. The molecule has 0 bridgehead atoms. The molecular formula is C13H22N4O. The second kappa shape index (κ2) is 4.97. The average Bonchev–Trinajstić information content (AvgIpc) is 2.93. The van der Waals surface area contributed by atoms with Crippen molar-refractivity contribution in [3.63, 3.8) is 0 Å². The minimum Gasteiger partial charge on any atom is -0.388 e. The third kappa shape index (κ3) is 2.17. The zero-order chi connectivity index (χ0) is 12.5. The van der Waals surface area contributed by atoms with E-state index >= 15 is 0 Å². The summed E-state index contributed by atoms with van der Waals surface area (Å²) < 4.78 is 1.94. The standard InChI is InChI=1S/C13H22N4O/c1-17-12(8-18)15-16-13(17)9-6-11(7-9)14-10-4-2-3-5-10/h9-11,14,18H,2-8H2,1H3. The molecule has 5 heteroatoms.